The van der Waals surface area contributed by atoms with Crippen LogP contribution in [0.3, 0.4) is 0 Å². The number of rotatable bonds is 4. The summed E-state index contributed by atoms with van der Waals surface area (Å²) >= 11 is 5.92. The Labute approximate surface area is 167 Å². The minimum absolute atomic E-state index is 0.129. The van der Waals surface area contributed by atoms with Gasteiger partial charge in [-0.05, 0) is 49.2 Å². The van der Waals surface area contributed by atoms with Crippen LogP contribution >= 0.6 is 11.6 Å². The lowest BCUT2D eigenvalue weighted by molar-refractivity contribution is 0.182. The fourth-order valence-electron chi connectivity index (χ4n) is 3.68. The van der Waals surface area contributed by atoms with E-state index in [0.29, 0.717) is 27.4 Å². The maximum Gasteiger partial charge on any atom is 0.322 e. The Kier molecular flexibility index (Phi) is 5.30. The standard InChI is InChI=1S/C21H21ClN4O2/c22-14-9-11-15(12-10-14)23-21(28)26(16-5-1-2-6-16)13-19-24-18-8-4-3-7-17(18)20(27)25-19/h3-4,7-12,16H,1-2,5-6,13H2,(H,23,28)(H,24,25,27). The van der Waals surface area contributed by atoms with Gasteiger partial charge in [0.2, 0.25) is 0 Å². The van der Waals surface area contributed by atoms with Crippen LogP contribution < -0.4 is 10.9 Å². The van der Waals surface area contributed by atoms with Crippen molar-refractivity contribution >= 4 is 34.2 Å². The quantitative estimate of drug-likeness (QED) is 0.678. The molecule has 0 saturated heterocycles. The van der Waals surface area contributed by atoms with Gasteiger partial charge in [0.05, 0.1) is 17.4 Å². The molecule has 1 heterocycles. The normalized spacial score (nSPS) is 14.3. The highest BCUT2D eigenvalue weighted by Gasteiger charge is 2.27. The fourth-order valence-corrected chi connectivity index (χ4v) is 3.81. The predicted octanol–water partition coefficient (Wildman–Crippen LogP) is 4.55. The van der Waals surface area contributed by atoms with Crippen LogP contribution in [0, 0.1) is 0 Å². The average Bonchev–Trinajstić information content (AvgIpc) is 3.22. The molecule has 0 aliphatic heterocycles. The number of halogens is 1. The molecule has 2 amide bonds. The van der Waals surface area contributed by atoms with Gasteiger partial charge >= 0.3 is 6.03 Å². The van der Waals surface area contributed by atoms with Crippen LogP contribution in [0.5, 0.6) is 0 Å². The molecule has 28 heavy (non-hydrogen) atoms. The number of benzene rings is 2. The molecule has 0 radical (unpaired) electrons. The van der Waals surface area contributed by atoms with E-state index in [4.69, 9.17) is 11.6 Å². The van der Waals surface area contributed by atoms with Gasteiger partial charge in [-0.25, -0.2) is 9.78 Å². The number of urea groups is 1. The van der Waals surface area contributed by atoms with Gasteiger partial charge in [-0.1, -0.05) is 36.6 Å². The Hall–Kier alpha value is -2.86. The van der Waals surface area contributed by atoms with Gasteiger partial charge in [0.15, 0.2) is 0 Å². The second kappa shape index (κ2) is 8.02. The molecular formula is C21H21ClN4O2. The Morgan fingerprint density at radius 1 is 1.14 bits per heavy atom. The maximum absolute atomic E-state index is 13.0. The summed E-state index contributed by atoms with van der Waals surface area (Å²) in [6.07, 6.45) is 4.09. The summed E-state index contributed by atoms with van der Waals surface area (Å²) in [5.74, 6) is 0.488. The van der Waals surface area contributed by atoms with Crippen molar-refractivity contribution in [3.63, 3.8) is 0 Å². The second-order valence-electron chi connectivity index (χ2n) is 7.03. The number of fused-ring (bicyclic) bond motifs is 1. The van der Waals surface area contributed by atoms with Gasteiger partial charge in [0.1, 0.15) is 5.82 Å². The number of para-hydroxylation sites is 1. The van der Waals surface area contributed by atoms with Crippen molar-refractivity contribution < 1.29 is 4.79 Å². The fraction of sp³-hybridized carbons (Fsp3) is 0.286. The first-order valence-electron chi connectivity index (χ1n) is 9.41. The summed E-state index contributed by atoms with van der Waals surface area (Å²) < 4.78 is 0. The number of hydrogen-bond acceptors (Lipinski definition) is 3. The molecule has 2 aromatic carbocycles. The summed E-state index contributed by atoms with van der Waals surface area (Å²) in [7, 11) is 0. The Bertz CT molecular complexity index is 1040. The van der Waals surface area contributed by atoms with Crippen molar-refractivity contribution in [1.82, 2.24) is 14.9 Å². The van der Waals surface area contributed by atoms with Crippen LogP contribution in [0.15, 0.2) is 53.3 Å². The van der Waals surface area contributed by atoms with E-state index < -0.39 is 0 Å². The molecule has 144 valence electrons. The third-order valence-corrected chi connectivity index (χ3v) is 5.36. The summed E-state index contributed by atoms with van der Waals surface area (Å²) in [4.78, 5) is 34.5. The highest BCUT2D eigenvalue weighted by Crippen LogP contribution is 2.25. The van der Waals surface area contributed by atoms with E-state index in [1.807, 2.05) is 18.2 Å². The third-order valence-electron chi connectivity index (χ3n) is 5.10. The van der Waals surface area contributed by atoms with E-state index in [2.05, 4.69) is 15.3 Å². The molecule has 2 N–H and O–H groups in total. The number of carbonyl (C=O) groups excluding carboxylic acids is 1. The van der Waals surface area contributed by atoms with Gasteiger partial charge in [0, 0.05) is 16.8 Å². The highest BCUT2D eigenvalue weighted by atomic mass is 35.5. The molecule has 1 fully saturated rings. The van der Waals surface area contributed by atoms with Gasteiger partial charge in [0.25, 0.3) is 5.56 Å². The van der Waals surface area contributed by atoms with E-state index in [-0.39, 0.29) is 24.2 Å². The molecule has 6 nitrogen and oxygen atoms in total. The zero-order chi connectivity index (χ0) is 19.5. The first-order chi connectivity index (χ1) is 13.6. The molecule has 4 rings (SSSR count). The maximum atomic E-state index is 13.0. The molecule has 1 aliphatic carbocycles. The predicted molar refractivity (Wildman–Crippen MR) is 111 cm³/mol. The Morgan fingerprint density at radius 3 is 2.61 bits per heavy atom. The molecular weight excluding hydrogens is 376 g/mol. The molecule has 3 aromatic rings. The number of anilines is 1. The Morgan fingerprint density at radius 2 is 1.86 bits per heavy atom. The lowest BCUT2D eigenvalue weighted by Gasteiger charge is -2.28. The van der Waals surface area contributed by atoms with E-state index >= 15 is 0 Å². The number of hydrogen-bond donors (Lipinski definition) is 2. The van der Waals surface area contributed by atoms with E-state index in [0.717, 1.165) is 25.7 Å². The molecule has 1 saturated carbocycles. The number of H-pyrrole nitrogens is 1. The second-order valence-corrected chi connectivity index (χ2v) is 7.47. The van der Waals surface area contributed by atoms with Gasteiger partial charge in [-0.15, -0.1) is 0 Å². The summed E-state index contributed by atoms with van der Waals surface area (Å²) in [6, 6.07) is 14.1. The van der Waals surface area contributed by atoms with Crippen LogP contribution in [0.25, 0.3) is 10.9 Å². The first-order valence-corrected chi connectivity index (χ1v) is 9.79. The van der Waals surface area contributed by atoms with Crippen molar-refractivity contribution in [2.45, 2.75) is 38.3 Å². The lowest BCUT2D eigenvalue weighted by Crippen LogP contribution is -2.41. The number of aromatic nitrogens is 2. The van der Waals surface area contributed by atoms with E-state index in [1.165, 1.54) is 0 Å². The minimum atomic E-state index is -0.204. The molecule has 1 aromatic heterocycles. The van der Waals surface area contributed by atoms with Crippen LogP contribution in [0.4, 0.5) is 10.5 Å². The van der Waals surface area contributed by atoms with Crippen molar-refractivity contribution in [2.75, 3.05) is 5.32 Å². The van der Waals surface area contributed by atoms with Gasteiger partial charge < -0.3 is 15.2 Å². The number of amides is 2. The minimum Gasteiger partial charge on any atom is -0.314 e. The Balaban J connectivity index is 1.60. The number of nitrogens with zero attached hydrogens (tertiary/aromatic N) is 2. The lowest BCUT2D eigenvalue weighted by atomic mass is 10.2. The van der Waals surface area contributed by atoms with Crippen LogP contribution in [0.2, 0.25) is 5.02 Å². The zero-order valence-electron chi connectivity index (χ0n) is 15.3. The zero-order valence-corrected chi connectivity index (χ0v) is 16.1. The van der Waals surface area contributed by atoms with Crippen LogP contribution in [0.1, 0.15) is 31.5 Å². The number of carbonyl (C=O) groups is 1. The molecule has 0 spiro atoms. The third kappa shape index (κ3) is 4.02. The van der Waals surface area contributed by atoms with Gasteiger partial charge in [-0.3, -0.25) is 4.79 Å². The van der Waals surface area contributed by atoms with Crippen LogP contribution in [-0.2, 0) is 6.54 Å². The summed E-state index contributed by atoms with van der Waals surface area (Å²) in [6.45, 7) is 0.254. The smallest absolute Gasteiger partial charge is 0.314 e. The van der Waals surface area contributed by atoms with Gasteiger partial charge in [-0.2, -0.15) is 0 Å². The van der Waals surface area contributed by atoms with Crippen LogP contribution in [-0.4, -0.2) is 26.9 Å². The highest BCUT2D eigenvalue weighted by molar-refractivity contribution is 6.30. The largest absolute Gasteiger partial charge is 0.322 e. The van der Waals surface area contributed by atoms with Crippen molar-refractivity contribution in [1.29, 1.82) is 0 Å². The molecule has 0 unspecified atom stereocenters. The molecule has 7 heteroatoms. The monoisotopic (exact) mass is 396 g/mol. The topological polar surface area (TPSA) is 78.1 Å². The van der Waals surface area contributed by atoms with Crippen molar-refractivity contribution in [3.05, 3.63) is 69.7 Å². The summed E-state index contributed by atoms with van der Waals surface area (Å²) in [5, 5.41) is 4.09. The molecule has 0 atom stereocenters. The van der Waals surface area contributed by atoms with E-state index in [1.54, 1.807) is 35.2 Å². The summed E-state index contributed by atoms with van der Waals surface area (Å²) in [5.41, 5.74) is 1.12. The number of nitrogens with one attached hydrogen (secondary N) is 2. The van der Waals surface area contributed by atoms with E-state index in [9.17, 15) is 9.59 Å². The SMILES string of the molecule is O=C(Nc1ccc(Cl)cc1)N(Cc1nc2ccccc2c(=O)[nH]1)C1CCCC1. The number of aromatic amines is 1. The molecule has 1 aliphatic rings. The van der Waals surface area contributed by atoms with Crippen molar-refractivity contribution in [3.8, 4) is 0 Å². The molecule has 0 bridgehead atoms. The average molecular weight is 397 g/mol. The first kappa shape index (κ1) is 18.5. The van der Waals surface area contributed by atoms with Crippen molar-refractivity contribution in [2.24, 2.45) is 0 Å².